The lowest BCUT2D eigenvalue weighted by atomic mass is 9.68. The smallest absolute Gasteiger partial charge is 0.304 e. The number of thiazole rings is 1. The number of nitrogens with one attached hydrogen (secondary N) is 1. The van der Waals surface area contributed by atoms with Gasteiger partial charge in [-0.1, -0.05) is 60.1 Å². The summed E-state index contributed by atoms with van der Waals surface area (Å²) in [5.74, 6) is -2.12. The number of benzene rings is 2. The zero-order chi connectivity index (χ0) is 22.0. The number of amides is 1. The van der Waals surface area contributed by atoms with Gasteiger partial charge in [0.1, 0.15) is 10.4 Å². The van der Waals surface area contributed by atoms with Gasteiger partial charge in [-0.3, -0.25) is 9.59 Å². The number of aliphatic carboxylic acids is 1. The molecule has 1 unspecified atom stereocenters. The fraction of sp³-hybridized carbons (Fsp3) is 0.261. The SMILES string of the molecule is O=C(O)C[C@@]1(c2nc(-c3ccccc3Cl)cs2)C(=O)NCC(O)C[C@H]1c1ccccc1. The minimum Gasteiger partial charge on any atom is -0.481 e. The molecule has 0 radical (unpaired) electrons. The summed E-state index contributed by atoms with van der Waals surface area (Å²) in [4.78, 5) is 30.2. The third kappa shape index (κ3) is 4.08. The first-order valence-electron chi connectivity index (χ1n) is 9.86. The lowest BCUT2D eigenvalue weighted by molar-refractivity contribution is -0.142. The number of halogens is 1. The first kappa shape index (κ1) is 21.5. The molecule has 1 saturated heterocycles. The molecule has 31 heavy (non-hydrogen) atoms. The zero-order valence-corrected chi connectivity index (χ0v) is 18.1. The quantitative estimate of drug-likeness (QED) is 0.541. The van der Waals surface area contributed by atoms with Crippen LogP contribution in [0.4, 0.5) is 0 Å². The number of hydrogen-bond acceptors (Lipinski definition) is 5. The number of carboxylic acids is 1. The molecule has 8 heteroatoms. The van der Waals surface area contributed by atoms with Crippen molar-refractivity contribution in [3.05, 3.63) is 75.6 Å². The van der Waals surface area contributed by atoms with E-state index in [0.29, 0.717) is 21.3 Å². The van der Waals surface area contributed by atoms with Gasteiger partial charge < -0.3 is 15.5 Å². The van der Waals surface area contributed by atoms with E-state index in [1.807, 2.05) is 48.5 Å². The van der Waals surface area contributed by atoms with E-state index in [2.05, 4.69) is 5.32 Å². The number of aliphatic hydroxyl groups is 1. The van der Waals surface area contributed by atoms with E-state index in [1.165, 1.54) is 11.3 Å². The van der Waals surface area contributed by atoms with Crippen LogP contribution >= 0.6 is 22.9 Å². The van der Waals surface area contributed by atoms with Gasteiger partial charge in [-0.25, -0.2) is 4.98 Å². The molecule has 0 spiro atoms. The van der Waals surface area contributed by atoms with Gasteiger partial charge in [0.15, 0.2) is 0 Å². The molecule has 1 amide bonds. The summed E-state index contributed by atoms with van der Waals surface area (Å²) in [5.41, 5.74) is 0.617. The Morgan fingerprint density at radius 1 is 1.19 bits per heavy atom. The fourth-order valence-electron chi connectivity index (χ4n) is 4.22. The zero-order valence-electron chi connectivity index (χ0n) is 16.5. The number of aliphatic hydroxyl groups excluding tert-OH is 1. The van der Waals surface area contributed by atoms with Crippen molar-refractivity contribution < 1.29 is 19.8 Å². The maximum Gasteiger partial charge on any atom is 0.304 e. The summed E-state index contributed by atoms with van der Waals surface area (Å²) in [6.45, 7) is 0.0618. The second kappa shape index (κ2) is 8.78. The number of nitrogens with zero attached hydrogens (tertiary/aromatic N) is 1. The molecule has 1 fully saturated rings. The highest BCUT2D eigenvalue weighted by atomic mass is 35.5. The molecule has 160 valence electrons. The van der Waals surface area contributed by atoms with E-state index in [4.69, 9.17) is 16.6 Å². The number of carbonyl (C=O) groups excluding carboxylic acids is 1. The molecule has 1 aliphatic heterocycles. The lowest BCUT2D eigenvalue weighted by Crippen LogP contribution is -2.48. The van der Waals surface area contributed by atoms with Crippen LogP contribution in [0.15, 0.2) is 60.0 Å². The normalized spacial score (nSPS) is 23.7. The standard InChI is InChI=1S/C23H21ClN2O4S/c24-18-9-5-4-8-16(18)19-13-31-22(26-19)23(11-20(28)29)17(14-6-2-1-3-7-14)10-15(27)12-25-21(23)30/h1-9,13,15,17,27H,10-12H2,(H,25,30)(H,28,29)/t15?,17-,23-/m0/s1. The summed E-state index contributed by atoms with van der Waals surface area (Å²) < 4.78 is 0. The fourth-order valence-corrected chi connectivity index (χ4v) is 5.53. The molecule has 6 nitrogen and oxygen atoms in total. The topological polar surface area (TPSA) is 99.5 Å². The summed E-state index contributed by atoms with van der Waals surface area (Å²) in [7, 11) is 0. The molecular formula is C23H21ClN2O4S. The highest BCUT2D eigenvalue weighted by molar-refractivity contribution is 7.10. The van der Waals surface area contributed by atoms with Gasteiger partial charge in [0, 0.05) is 28.4 Å². The number of hydrogen-bond donors (Lipinski definition) is 3. The van der Waals surface area contributed by atoms with Crippen LogP contribution in [0, 0.1) is 0 Å². The second-order valence-electron chi connectivity index (χ2n) is 7.62. The van der Waals surface area contributed by atoms with Crippen LogP contribution in [0.3, 0.4) is 0 Å². The number of carboxylic acid groups (broad SMARTS) is 1. The maximum absolute atomic E-state index is 13.5. The molecule has 2 aromatic carbocycles. The molecule has 1 aromatic heterocycles. The maximum atomic E-state index is 13.5. The van der Waals surface area contributed by atoms with E-state index in [-0.39, 0.29) is 13.0 Å². The Bertz CT molecular complexity index is 1100. The van der Waals surface area contributed by atoms with Crippen molar-refractivity contribution in [1.82, 2.24) is 10.3 Å². The van der Waals surface area contributed by atoms with Crippen molar-refractivity contribution in [2.75, 3.05) is 6.54 Å². The highest BCUT2D eigenvalue weighted by Gasteiger charge is 2.53. The van der Waals surface area contributed by atoms with Crippen LogP contribution in [0.1, 0.15) is 29.3 Å². The summed E-state index contributed by atoms with van der Waals surface area (Å²) in [5, 5.41) is 25.7. The molecule has 0 aliphatic carbocycles. The Morgan fingerprint density at radius 3 is 2.61 bits per heavy atom. The summed E-state index contributed by atoms with van der Waals surface area (Å²) in [6, 6.07) is 16.5. The Hall–Kier alpha value is -2.74. The van der Waals surface area contributed by atoms with Gasteiger partial charge in [0.2, 0.25) is 5.91 Å². The first-order chi connectivity index (χ1) is 14.9. The first-order valence-corrected chi connectivity index (χ1v) is 11.1. The number of aromatic nitrogens is 1. The molecule has 1 aliphatic rings. The van der Waals surface area contributed by atoms with Crippen molar-refractivity contribution in [2.45, 2.75) is 30.3 Å². The summed E-state index contributed by atoms with van der Waals surface area (Å²) in [6.07, 6.45) is -1.01. The van der Waals surface area contributed by atoms with Gasteiger partial charge in [0.05, 0.1) is 18.2 Å². The van der Waals surface area contributed by atoms with Crippen molar-refractivity contribution in [3.8, 4) is 11.3 Å². The van der Waals surface area contributed by atoms with Gasteiger partial charge in [-0.15, -0.1) is 11.3 Å². The molecule has 2 heterocycles. The second-order valence-corrected chi connectivity index (χ2v) is 8.89. The van der Waals surface area contributed by atoms with Gasteiger partial charge >= 0.3 is 5.97 Å². The predicted octanol–water partition coefficient (Wildman–Crippen LogP) is 3.84. The van der Waals surface area contributed by atoms with Gasteiger partial charge in [-0.05, 0) is 18.1 Å². The Labute approximate surface area is 188 Å². The van der Waals surface area contributed by atoms with Crippen LogP contribution in [0.5, 0.6) is 0 Å². The predicted molar refractivity (Wildman–Crippen MR) is 119 cm³/mol. The van der Waals surface area contributed by atoms with E-state index < -0.39 is 35.7 Å². The van der Waals surface area contributed by atoms with Crippen molar-refractivity contribution in [2.24, 2.45) is 0 Å². The molecule has 4 rings (SSSR count). The van der Waals surface area contributed by atoms with E-state index >= 15 is 0 Å². The number of β-amino-alcohol motifs (C(OH)–C–C–N with tert-alkyl or cyclic N) is 1. The Morgan fingerprint density at radius 2 is 1.90 bits per heavy atom. The van der Waals surface area contributed by atoms with Crippen LogP contribution < -0.4 is 5.32 Å². The Balaban J connectivity index is 1.91. The lowest BCUT2D eigenvalue weighted by Gasteiger charge is -2.35. The number of rotatable bonds is 5. The van der Waals surface area contributed by atoms with Gasteiger partial charge in [-0.2, -0.15) is 0 Å². The van der Waals surface area contributed by atoms with Crippen LogP contribution in [-0.4, -0.2) is 39.7 Å². The third-order valence-electron chi connectivity index (χ3n) is 5.67. The van der Waals surface area contributed by atoms with E-state index in [9.17, 15) is 19.8 Å². The summed E-state index contributed by atoms with van der Waals surface area (Å²) >= 11 is 7.57. The molecule has 0 saturated carbocycles. The monoisotopic (exact) mass is 456 g/mol. The molecule has 3 aromatic rings. The van der Waals surface area contributed by atoms with E-state index in [0.717, 1.165) is 5.56 Å². The van der Waals surface area contributed by atoms with Crippen molar-refractivity contribution >= 4 is 34.8 Å². The molecule has 3 N–H and O–H groups in total. The average molecular weight is 457 g/mol. The van der Waals surface area contributed by atoms with Crippen molar-refractivity contribution in [3.63, 3.8) is 0 Å². The van der Waals surface area contributed by atoms with Gasteiger partial charge in [0.25, 0.3) is 0 Å². The molecule has 3 atom stereocenters. The average Bonchev–Trinajstić information content (AvgIpc) is 3.21. The van der Waals surface area contributed by atoms with Crippen LogP contribution in [0.2, 0.25) is 5.02 Å². The molecular weight excluding hydrogens is 436 g/mol. The highest BCUT2D eigenvalue weighted by Crippen LogP contribution is 2.48. The van der Waals surface area contributed by atoms with E-state index in [1.54, 1.807) is 11.4 Å². The largest absolute Gasteiger partial charge is 0.481 e. The number of carbonyl (C=O) groups is 2. The van der Waals surface area contributed by atoms with Crippen LogP contribution in [-0.2, 0) is 15.0 Å². The minimum absolute atomic E-state index is 0.0618. The third-order valence-corrected chi connectivity index (χ3v) is 7.02. The minimum atomic E-state index is -1.46. The Kier molecular flexibility index (Phi) is 6.09. The van der Waals surface area contributed by atoms with Crippen LogP contribution in [0.25, 0.3) is 11.3 Å². The van der Waals surface area contributed by atoms with Crippen molar-refractivity contribution in [1.29, 1.82) is 0 Å². The molecule has 0 bridgehead atoms.